The molecule has 0 atom stereocenters. The lowest BCUT2D eigenvalue weighted by Gasteiger charge is -2.17. The summed E-state index contributed by atoms with van der Waals surface area (Å²) >= 11 is 0. The molecule has 0 saturated carbocycles. The summed E-state index contributed by atoms with van der Waals surface area (Å²) in [6, 6.07) is 7.23. The van der Waals surface area contributed by atoms with E-state index in [1.54, 1.807) is 12.1 Å². The minimum Gasteiger partial charge on any atom is -0.508 e. The highest BCUT2D eigenvalue weighted by Gasteiger charge is 2.17. The smallest absolute Gasteiger partial charge is 0.249 e. The Morgan fingerprint density at radius 1 is 1.00 bits per heavy atom. The van der Waals surface area contributed by atoms with E-state index in [-0.39, 0.29) is 5.75 Å². The second kappa shape index (κ2) is 5.00. The van der Waals surface area contributed by atoms with E-state index >= 15 is 0 Å². The topological polar surface area (TPSA) is 63.3 Å². The molecule has 3 heteroatoms. The van der Waals surface area contributed by atoms with Crippen LogP contribution in [0.2, 0.25) is 0 Å². The number of hydrogen-bond donors (Lipinski definition) is 2. The Bertz CT molecular complexity index is 703. The largest absolute Gasteiger partial charge is 0.508 e. The minimum absolute atomic E-state index is 0.240. The van der Waals surface area contributed by atoms with Crippen LogP contribution in [0.3, 0.4) is 0 Å². The fourth-order valence-corrected chi connectivity index (χ4v) is 2.91. The van der Waals surface area contributed by atoms with Gasteiger partial charge in [-0.3, -0.25) is 4.79 Å². The van der Waals surface area contributed by atoms with E-state index in [4.69, 9.17) is 5.73 Å². The molecule has 0 aliphatic rings. The van der Waals surface area contributed by atoms with Gasteiger partial charge in [0.1, 0.15) is 5.75 Å². The van der Waals surface area contributed by atoms with Crippen molar-refractivity contribution in [2.45, 2.75) is 27.7 Å². The summed E-state index contributed by atoms with van der Waals surface area (Å²) in [5.74, 6) is -0.165. The lowest BCUT2D eigenvalue weighted by molar-refractivity contribution is 0.0999. The summed E-state index contributed by atoms with van der Waals surface area (Å²) in [6.07, 6.45) is 0. The molecule has 0 aromatic heterocycles. The molecule has 2 aromatic carbocycles. The predicted molar refractivity (Wildman–Crippen MR) is 81.0 cm³/mol. The summed E-state index contributed by atoms with van der Waals surface area (Å²) < 4.78 is 0. The maximum absolute atomic E-state index is 11.7. The molecule has 0 radical (unpaired) electrons. The molecule has 0 spiro atoms. The first kappa shape index (κ1) is 14.1. The molecule has 2 aromatic rings. The summed E-state index contributed by atoms with van der Waals surface area (Å²) in [4.78, 5) is 11.7. The molecule has 104 valence electrons. The average Bonchev–Trinajstić information content (AvgIpc) is 2.30. The lowest BCUT2D eigenvalue weighted by Crippen LogP contribution is -2.15. The van der Waals surface area contributed by atoms with Crippen molar-refractivity contribution in [1.82, 2.24) is 0 Å². The molecule has 1 amide bonds. The van der Waals surface area contributed by atoms with Crippen LogP contribution in [0.5, 0.6) is 5.75 Å². The fourth-order valence-electron chi connectivity index (χ4n) is 2.91. The fraction of sp³-hybridized carbons (Fsp3) is 0.235. The Kier molecular flexibility index (Phi) is 3.53. The van der Waals surface area contributed by atoms with Gasteiger partial charge >= 0.3 is 0 Å². The third-order valence-electron chi connectivity index (χ3n) is 3.70. The first-order chi connectivity index (χ1) is 9.32. The Hall–Kier alpha value is -2.29. The molecule has 0 aliphatic carbocycles. The molecule has 0 aliphatic heterocycles. The number of aromatic hydroxyl groups is 1. The van der Waals surface area contributed by atoms with Crippen LogP contribution in [0.1, 0.15) is 32.6 Å². The summed E-state index contributed by atoms with van der Waals surface area (Å²) in [6.45, 7) is 7.78. The van der Waals surface area contributed by atoms with E-state index in [0.29, 0.717) is 5.56 Å². The van der Waals surface area contributed by atoms with Crippen molar-refractivity contribution < 1.29 is 9.90 Å². The quantitative estimate of drug-likeness (QED) is 0.877. The molecule has 3 nitrogen and oxygen atoms in total. The van der Waals surface area contributed by atoms with Crippen molar-refractivity contribution in [2.75, 3.05) is 0 Å². The third kappa shape index (κ3) is 2.27. The molecule has 3 N–H and O–H groups in total. The molecular weight excluding hydrogens is 250 g/mol. The maximum Gasteiger partial charge on any atom is 0.249 e. The number of carbonyl (C=O) groups is 1. The normalized spacial score (nSPS) is 10.6. The number of nitrogens with two attached hydrogens (primary N) is 1. The van der Waals surface area contributed by atoms with E-state index in [9.17, 15) is 9.90 Å². The van der Waals surface area contributed by atoms with Gasteiger partial charge in [0.05, 0.1) is 0 Å². The zero-order chi connectivity index (χ0) is 15.0. The number of hydrogen-bond acceptors (Lipinski definition) is 2. The van der Waals surface area contributed by atoms with Crippen molar-refractivity contribution in [3.8, 4) is 16.9 Å². The number of phenolic OH excluding ortho intramolecular Hbond substituents is 1. The second-order valence-electron chi connectivity index (χ2n) is 5.25. The van der Waals surface area contributed by atoms with Crippen LogP contribution in [-0.2, 0) is 0 Å². The van der Waals surface area contributed by atoms with Gasteiger partial charge in [0.25, 0.3) is 0 Å². The highest BCUT2D eigenvalue weighted by molar-refractivity contribution is 5.98. The molecular formula is C17H19NO2. The predicted octanol–water partition coefficient (Wildman–Crippen LogP) is 3.39. The van der Waals surface area contributed by atoms with Crippen LogP contribution in [0.25, 0.3) is 11.1 Å². The van der Waals surface area contributed by atoms with Crippen LogP contribution < -0.4 is 5.73 Å². The monoisotopic (exact) mass is 269 g/mol. The number of phenols is 1. The SMILES string of the molecule is Cc1cc(O)ccc1-c1c(C)cc(C)c(C(N)=O)c1C. The van der Waals surface area contributed by atoms with E-state index in [1.807, 2.05) is 39.8 Å². The van der Waals surface area contributed by atoms with Crippen molar-refractivity contribution in [2.24, 2.45) is 5.73 Å². The number of primary amides is 1. The Labute approximate surface area is 119 Å². The Morgan fingerprint density at radius 2 is 1.65 bits per heavy atom. The summed E-state index contributed by atoms with van der Waals surface area (Å²) in [5, 5.41) is 9.54. The number of benzene rings is 2. The van der Waals surface area contributed by atoms with Gasteiger partial charge in [0.15, 0.2) is 0 Å². The lowest BCUT2D eigenvalue weighted by atomic mass is 9.87. The van der Waals surface area contributed by atoms with E-state index < -0.39 is 5.91 Å². The van der Waals surface area contributed by atoms with Crippen LogP contribution in [0.15, 0.2) is 24.3 Å². The van der Waals surface area contributed by atoms with Gasteiger partial charge in [-0.1, -0.05) is 12.1 Å². The van der Waals surface area contributed by atoms with Crippen LogP contribution in [0.4, 0.5) is 0 Å². The van der Waals surface area contributed by atoms with E-state index in [0.717, 1.165) is 33.4 Å². The van der Waals surface area contributed by atoms with Gasteiger partial charge in [0, 0.05) is 5.56 Å². The molecule has 0 unspecified atom stereocenters. The highest BCUT2D eigenvalue weighted by atomic mass is 16.3. The first-order valence-electron chi connectivity index (χ1n) is 6.53. The zero-order valence-corrected chi connectivity index (χ0v) is 12.2. The van der Waals surface area contributed by atoms with Crippen LogP contribution >= 0.6 is 0 Å². The summed E-state index contributed by atoms with van der Waals surface area (Å²) in [5.41, 5.74) is 12.0. The molecule has 0 fully saturated rings. The van der Waals surface area contributed by atoms with Gasteiger partial charge < -0.3 is 10.8 Å². The molecule has 0 heterocycles. The van der Waals surface area contributed by atoms with Gasteiger partial charge in [-0.2, -0.15) is 0 Å². The number of amides is 1. The van der Waals surface area contributed by atoms with Gasteiger partial charge in [-0.25, -0.2) is 0 Å². The number of carbonyl (C=O) groups excluding carboxylic acids is 1. The maximum atomic E-state index is 11.7. The zero-order valence-electron chi connectivity index (χ0n) is 12.2. The van der Waals surface area contributed by atoms with Crippen molar-refractivity contribution in [3.63, 3.8) is 0 Å². The summed E-state index contributed by atoms with van der Waals surface area (Å²) in [7, 11) is 0. The van der Waals surface area contributed by atoms with Crippen molar-refractivity contribution in [3.05, 3.63) is 52.1 Å². The number of rotatable bonds is 2. The molecule has 20 heavy (non-hydrogen) atoms. The minimum atomic E-state index is -0.405. The van der Waals surface area contributed by atoms with E-state index in [2.05, 4.69) is 0 Å². The highest BCUT2D eigenvalue weighted by Crippen LogP contribution is 2.34. The molecule has 0 bridgehead atoms. The Morgan fingerprint density at radius 3 is 2.20 bits per heavy atom. The number of aryl methyl sites for hydroxylation is 3. The average molecular weight is 269 g/mol. The Balaban J connectivity index is 2.80. The van der Waals surface area contributed by atoms with Gasteiger partial charge in [-0.15, -0.1) is 0 Å². The third-order valence-corrected chi connectivity index (χ3v) is 3.70. The van der Waals surface area contributed by atoms with Crippen LogP contribution in [0, 0.1) is 27.7 Å². The molecule has 2 rings (SSSR count). The second-order valence-corrected chi connectivity index (χ2v) is 5.25. The standard InChI is InChI=1S/C17H19NO2/c1-9-8-13(19)5-6-14(9)15-10(2)7-11(3)16(12(15)4)17(18)20/h5-8,19H,1-4H3,(H2,18,20). The van der Waals surface area contributed by atoms with Crippen LogP contribution in [-0.4, -0.2) is 11.0 Å². The van der Waals surface area contributed by atoms with Crippen molar-refractivity contribution in [1.29, 1.82) is 0 Å². The van der Waals surface area contributed by atoms with Gasteiger partial charge in [0.2, 0.25) is 5.91 Å². The van der Waals surface area contributed by atoms with Gasteiger partial charge in [-0.05, 0) is 73.2 Å². The molecule has 0 saturated heterocycles. The van der Waals surface area contributed by atoms with Crippen molar-refractivity contribution >= 4 is 5.91 Å². The van der Waals surface area contributed by atoms with E-state index in [1.165, 1.54) is 0 Å². The first-order valence-corrected chi connectivity index (χ1v) is 6.53.